The Labute approximate surface area is 238 Å². The lowest BCUT2D eigenvalue weighted by molar-refractivity contribution is -0.144. The van der Waals surface area contributed by atoms with E-state index in [0.717, 1.165) is 17.5 Å². The third kappa shape index (κ3) is 11.5. The van der Waals surface area contributed by atoms with Gasteiger partial charge in [0, 0.05) is 50.0 Å². The first-order chi connectivity index (χ1) is 19.4. The van der Waals surface area contributed by atoms with Crippen molar-refractivity contribution in [2.75, 3.05) is 60.7 Å². The highest BCUT2D eigenvalue weighted by molar-refractivity contribution is 5.72. The van der Waals surface area contributed by atoms with Crippen LogP contribution in [0.1, 0.15) is 38.3 Å². The third-order valence-corrected chi connectivity index (χ3v) is 6.31. The van der Waals surface area contributed by atoms with E-state index in [2.05, 4.69) is 11.8 Å². The molecule has 0 spiro atoms. The maximum absolute atomic E-state index is 12.5. The number of rotatable bonds is 20. The Kier molecular flexibility index (Phi) is 15.7. The Morgan fingerprint density at radius 3 is 1.73 bits per heavy atom. The fourth-order valence-electron chi connectivity index (χ4n) is 4.16. The van der Waals surface area contributed by atoms with Crippen molar-refractivity contribution in [3.05, 3.63) is 59.7 Å². The van der Waals surface area contributed by atoms with Crippen molar-refractivity contribution in [2.45, 2.75) is 46.3 Å². The number of benzene rings is 2. The van der Waals surface area contributed by atoms with Gasteiger partial charge in [-0.05, 0) is 32.4 Å². The number of carbonyl (C=O) groups is 2. The van der Waals surface area contributed by atoms with Crippen LogP contribution in [0.3, 0.4) is 0 Å². The van der Waals surface area contributed by atoms with Crippen LogP contribution in [0, 0.1) is 0 Å². The summed E-state index contributed by atoms with van der Waals surface area (Å²) >= 11 is 0. The first-order valence-electron chi connectivity index (χ1n) is 13.6. The molecule has 2 aromatic rings. The Morgan fingerprint density at radius 1 is 0.725 bits per heavy atom. The number of hydrogen-bond donors (Lipinski definition) is 0. The van der Waals surface area contributed by atoms with Crippen LogP contribution in [-0.4, -0.2) is 88.4 Å². The van der Waals surface area contributed by atoms with E-state index in [4.69, 9.17) is 28.4 Å². The van der Waals surface area contributed by atoms with Crippen LogP contribution in [0.25, 0.3) is 0 Å². The van der Waals surface area contributed by atoms with Crippen LogP contribution >= 0.6 is 0 Å². The summed E-state index contributed by atoms with van der Waals surface area (Å²) in [7, 11) is 2.75. The SMILES string of the molecule is CCOCOc1ccccc1CN(CC(=O)OC)CC(CC)N(CC(=O)OC)Cc1ccccc1OCOCC. The second-order valence-corrected chi connectivity index (χ2v) is 9.01. The second kappa shape index (κ2) is 19.0. The minimum atomic E-state index is -0.350. The molecule has 0 heterocycles. The highest BCUT2D eigenvalue weighted by Gasteiger charge is 2.26. The van der Waals surface area contributed by atoms with Gasteiger partial charge in [0.15, 0.2) is 13.6 Å². The Bertz CT molecular complexity index is 1020. The number of nitrogens with zero attached hydrogens (tertiary/aromatic N) is 2. The van der Waals surface area contributed by atoms with Crippen LogP contribution in [0.4, 0.5) is 0 Å². The van der Waals surface area contributed by atoms with E-state index < -0.39 is 0 Å². The summed E-state index contributed by atoms with van der Waals surface area (Å²) in [5.41, 5.74) is 1.83. The van der Waals surface area contributed by atoms with Gasteiger partial charge in [-0.1, -0.05) is 43.3 Å². The minimum Gasteiger partial charge on any atom is -0.468 e. The van der Waals surface area contributed by atoms with E-state index in [1.807, 2.05) is 67.3 Å². The smallest absolute Gasteiger partial charge is 0.319 e. The first-order valence-corrected chi connectivity index (χ1v) is 13.6. The van der Waals surface area contributed by atoms with Crippen molar-refractivity contribution >= 4 is 11.9 Å². The lowest BCUT2D eigenvalue weighted by Gasteiger charge is -2.34. The molecule has 10 heteroatoms. The Balaban J connectivity index is 2.31. The zero-order valence-electron chi connectivity index (χ0n) is 24.4. The normalized spacial score (nSPS) is 11.9. The van der Waals surface area contributed by atoms with Crippen molar-refractivity contribution in [1.29, 1.82) is 0 Å². The molecule has 40 heavy (non-hydrogen) atoms. The largest absolute Gasteiger partial charge is 0.468 e. The number of ether oxygens (including phenoxy) is 6. The summed E-state index contributed by atoms with van der Waals surface area (Å²) in [6.45, 7) is 8.76. The van der Waals surface area contributed by atoms with Gasteiger partial charge < -0.3 is 28.4 Å². The van der Waals surface area contributed by atoms with E-state index in [-0.39, 0.29) is 44.7 Å². The molecule has 0 fully saturated rings. The minimum absolute atomic E-state index is 0.0763. The Hall–Kier alpha value is -3.18. The molecule has 2 rings (SSSR count). The third-order valence-electron chi connectivity index (χ3n) is 6.31. The van der Waals surface area contributed by atoms with Gasteiger partial charge in [0.1, 0.15) is 11.5 Å². The number of para-hydroxylation sites is 2. The number of esters is 2. The van der Waals surface area contributed by atoms with Crippen molar-refractivity contribution in [3.63, 3.8) is 0 Å². The number of methoxy groups -OCH3 is 2. The molecular weight excluding hydrogens is 516 g/mol. The fourth-order valence-corrected chi connectivity index (χ4v) is 4.16. The van der Waals surface area contributed by atoms with E-state index >= 15 is 0 Å². The molecule has 0 N–H and O–H groups in total. The summed E-state index contributed by atoms with van der Waals surface area (Å²) < 4.78 is 32.4. The van der Waals surface area contributed by atoms with Crippen molar-refractivity contribution in [2.24, 2.45) is 0 Å². The van der Waals surface area contributed by atoms with Crippen molar-refractivity contribution < 1.29 is 38.0 Å². The monoisotopic (exact) mass is 560 g/mol. The molecule has 222 valence electrons. The maximum atomic E-state index is 12.5. The molecule has 1 atom stereocenters. The number of hydrogen-bond acceptors (Lipinski definition) is 10. The van der Waals surface area contributed by atoms with E-state index in [1.54, 1.807) is 0 Å². The van der Waals surface area contributed by atoms with Crippen LogP contribution in [0.15, 0.2) is 48.5 Å². The van der Waals surface area contributed by atoms with E-state index in [0.29, 0.717) is 44.3 Å². The second-order valence-electron chi connectivity index (χ2n) is 9.01. The predicted molar refractivity (Wildman–Crippen MR) is 151 cm³/mol. The van der Waals surface area contributed by atoms with Gasteiger partial charge in [0.2, 0.25) is 0 Å². The van der Waals surface area contributed by atoms with E-state index in [9.17, 15) is 9.59 Å². The summed E-state index contributed by atoms with van der Waals surface area (Å²) in [6.07, 6.45) is 0.721. The van der Waals surface area contributed by atoms with Gasteiger partial charge in [-0.3, -0.25) is 19.4 Å². The number of carbonyl (C=O) groups excluding carboxylic acids is 2. The molecule has 2 aromatic carbocycles. The quantitative estimate of drug-likeness (QED) is 0.135. The molecule has 0 aliphatic heterocycles. The Morgan fingerprint density at radius 2 is 1.23 bits per heavy atom. The molecule has 0 bridgehead atoms. The van der Waals surface area contributed by atoms with Gasteiger partial charge in [-0.2, -0.15) is 0 Å². The van der Waals surface area contributed by atoms with E-state index in [1.165, 1.54) is 14.2 Å². The van der Waals surface area contributed by atoms with Crippen LogP contribution in [-0.2, 0) is 41.6 Å². The highest BCUT2D eigenvalue weighted by atomic mass is 16.7. The van der Waals surface area contributed by atoms with Gasteiger partial charge in [0.25, 0.3) is 0 Å². The molecule has 1 unspecified atom stereocenters. The zero-order chi connectivity index (χ0) is 29.2. The van der Waals surface area contributed by atoms with Crippen LogP contribution in [0.2, 0.25) is 0 Å². The summed E-state index contributed by atoms with van der Waals surface area (Å²) in [4.78, 5) is 28.9. The molecule has 10 nitrogen and oxygen atoms in total. The van der Waals surface area contributed by atoms with Crippen molar-refractivity contribution in [3.8, 4) is 11.5 Å². The predicted octanol–water partition coefficient (Wildman–Crippen LogP) is 3.86. The fraction of sp³-hybridized carbons (Fsp3) is 0.533. The molecular formula is C30H44N2O8. The molecule has 0 radical (unpaired) electrons. The lowest BCUT2D eigenvalue weighted by atomic mass is 10.1. The maximum Gasteiger partial charge on any atom is 0.319 e. The molecule has 0 aliphatic carbocycles. The topological polar surface area (TPSA) is 96.0 Å². The standard InChI is InChI=1S/C30H44N2O8/c1-6-26(32(21-30(34)36-5)18-25-14-10-12-16-28(25)40-23-38-8-3)19-31(20-29(33)35-4)17-24-13-9-11-15-27(24)39-22-37-7-2/h9-16,26H,6-8,17-23H2,1-5H3. The molecule has 0 saturated carbocycles. The molecule has 0 aromatic heterocycles. The zero-order valence-corrected chi connectivity index (χ0v) is 24.4. The van der Waals surface area contributed by atoms with Crippen LogP contribution < -0.4 is 9.47 Å². The van der Waals surface area contributed by atoms with Crippen LogP contribution in [0.5, 0.6) is 11.5 Å². The highest BCUT2D eigenvalue weighted by Crippen LogP contribution is 2.24. The molecule has 0 amide bonds. The molecule has 0 saturated heterocycles. The molecule has 0 aliphatic rings. The average molecular weight is 561 g/mol. The lowest BCUT2D eigenvalue weighted by Crippen LogP contribution is -2.46. The summed E-state index contributed by atoms with van der Waals surface area (Å²) in [5, 5.41) is 0. The summed E-state index contributed by atoms with van der Waals surface area (Å²) in [6, 6.07) is 15.3. The van der Waals surface area contributed by atoms with Gasteiger partial charge >= 0.3 is 11.9 Å². The summed E-state index contributed by atoms with van der Waals surface area (Å²) in [5.74, 6) is 0.676. The van der Waals surface area contributed by atoms with Gasteiger partial charge in [-0.15, -0.1) is 0 Å². The van der Waals surface area contributed by atoms with Gasteiger partial charge in [-0.25, -0.2) is 0 Å². The first kappa shape index (κ1) is 33.0. The van der Waals surface area contributed by atoms with Gasteiger partial charge in [0.05, 0.1) is 27.3 Å². The van der Waals surface area contributed by atoms with Crippen molar-refractivity contribution in [1.82, 2.24) is 9.80 Å². The average Bonchev–Trinajstić information content (AvgIpc) is 2.97.